The van der Waals surface area contributed by atoms with Crippen LogP contribution in [0.5, 0.6) is 11.5 Å². The van der Waals surface area contributed by atoms with Crippen LogP contribution in [0.15, 0.2) is 18.2 Å². The molecule has 0 spiro atoms. The molecule has 19 heavy (non-hydrogen) atoms. The average Bonchev–Trinajstić information content (AvgIpc) is 2.38. The smallest absolute Gasteiger partial charge is 0.273 e. The topological polar surface area (TPSA) is 87.6 Å². The van der Waals surface area contributed by atoms with Crippen molar-refractivity contribution in [2.45, 2.75) is 32.4 Å². The molecule has 1 aliphatic carbocycles. The third-order valence-electron chi connectivity index (χ3n) is 3.88. The van der Waals surface area contributed by atoms with Crippen LogP contribution in [0.4, 0.5) is 5.69 Å². The van der Waals surface area contributed by atoms with E-state index in [-0.39, 0.29) is 23.2 Å². The second-order valence-electron chi connectivity index (χ2n) is 5.36. The maximum atomic E-state index is 10.8. The van der Waals surface area contributed by atoms with Crippen molar-refractivity contribution in [1.82, 2.24) is 0 Å². The van der Waals surface area contributed by atoms with Crippen molar-refractivity contribution in [3.05, 3.63) is 28.3 Å². The Morgan fingerprint density at radius 1 is 1.42 bits per heavy atom. The molecule has 2 unspecified atom stereocenters. The third kappa shape index (κ3) is 2.35. The Labute approximate surface area is 111 Å². The second kappa shape index (κ2) is 4.70. The van der Waals surface area contributed by atoms with Crippen molar-refractivity contribution in [3.8, 4) is 11.5 Å². The van der Waals surface area contributed by atoms with Gasteiger partial charge in [-0.2, -0.15) is 0 Å². The Balaban J connectivity index is 2.24. The lowest BCUT2D eigenvalue weighted by Crippen LogP contribution is -2.60. The summed E-state index contributed by atoms with van der Waals surface area (Å²) in [7, 11) is 1.51. The van der Waals surface area contributed by atoms with Gasteiger partial charge < -0.3 is 15.2 Å². The summed E-state index contributed by atoms with van der Waals surface area (Å²) >= 11 is 0. The van der Waals surface area contributed by atoms with Gasteiger partial charge in [0.25, 0.3) is 5.69 Å². The lowest BCUT2D eigenvalue weighted by atomic mass is 9.65. The zero-order chi connectivity index (χ0) is 14.2. The molecule has 1 aliphatic rings. The minimum absolute atomic E-state index is 0.0165. The first-order chi connectivity index (χ1) is 8.86. The summed E-state index contributed by atoms with van der Waals surface area (Å²) in [5.74, 6) is 0.878. The van der Waals surface area contributed by atoms with Crippen LogP contribution in [0.2, 0.25) is 0 Å². The molecule has 1 aromatic rings. The van der Waals surface area contributed by atoms with Crippen molar-refractivity contribution < 1.29 is 14.4 Å². The number of ether oxygens (including phenoxy) is 2. The first-order valence-electron chi connectivity index (χ1n) is 6.11. The van der Waals surface area contributed by atoms with Gasteiger partial charge in [0.05, 0.1) is 18.1 Å². The quantitative estimate of drug-likeness (QED) is 0.666. The minimum Gasteiger partial charge on any atom is -0.493 e. The number of methoxy groups -OCH3 is 1. The van der Waals surface area contributed by atoms with Crippen LogP contribution < -0.4 is 15.2 Å². The van der Waals surface area contributed by atoms with Gasteiger partial charge in [0.1, 0.15) is 6.10 Å². The first kappa shape index (κ1) is 13.6. The van der Waals surface area contributed by atoms with E-state index in [1.165, 1.54) is 19.2 Å². The molecule has 2 N–H and O–H groups in total. The molecule has 104 valence electrons. The second-order valence-corrected chi connectivity index (χ2v) is 5.36. The summed E-state index contributed by atoms with van der Waals surface area (Å²) in [5.41, 5.74) is 5.77. The summed E-state index contributed by atoms with van der Waals surface area (Å²) < 4.78 is 11.0. The fraction of sp³-hybridized carbons (Fsp3) is 0.538. The highest BCUT2D eigenvalue weighted by Gasteiger charge is 2.48. The standard InChI is InChI=1S/C13H18N2O4/c1-13(2)11(14)7-12(13)19-10-6-8(15(16)17)4-5-9(10)18-3/h4-6,11-12H,7,14H2,1-3H3. The van der Waals surface area contributed by atoms with Gasteiger partial charge in [-0.05, 0) is 6.07 Å². The van der Waals surface area contributed by atoms with Gasteiger partial charge in [-0.15, -0.1) is 0 Å². The molecule has 0 saturated heterocycles. The largest absolute Gasteiger partial charge is 0.493 e. The molecule has 0 aliphatic heterocycles. The number of nitro benzene ring substituents is 1. The molecule has 0 amide bonds. The van der Waals surface area contributed by atoms with Gasteiger partial charge in [0, 0.05) is 23.9 Å². The molecule has 1 saturated carbocycles. The third-order valence-corrected chi connectivity index (χ3v) is 3.88. The Bertz CT molecular complexity index is 501. The Hall–Kier alpha value is -1.82. The molecule has 2 rings (SSSR count). The normalized spacial score (nSPS) is 24.4. The molecular formula is C13H18N2O4. The van der Waals surface area contributed by atoms with Crippen LogP contribution in [0, 0.1) is 15.5 Å². The monoisotopic (exact) mass is 266 g/mol. The summed E-state index contributed by atoms with van der Waals surface area (Å²) in [6.45, 7) is 4.05. The fourth-order valence-electron chi connectivity index (χ4n) is 2.14. The molecule has 1 aromatic carbocycles. The molecule has 0 aromatic heterocycles. The maximum absolute atomic E-state index is 10.8. The van der Waals surface area contributed by atoms with E-state index in [4.69, 9.17) is 15.2 Å². The van der Waals surface area contributed by atoms with Gasteiger partial charge >= 0.3 is 0 Å². The molecule has 0 heterocycles. The highest BCUT2D eigenvalue weighted by molar-refractivity contribution is 5.48. The van der Waals surface area contributed by atoms with E-state index in [9.17, 15) is 10.1 Å². The van der Waals surface area contributed by atoms with Gasteiger partial charge in [0.2, 0.25) is 0 Å². The average molecular weight is 266 g/mol. The van der Waals surface area contributed by atoms with Crippen molar-refractivity contribution >= 4 is 5.69 Å². The van der Waals surface area contributed by atoms with E-state index in [1.54, 1.807) is 6.07 Å². The SMILES string of the molecule is COc1ccc([N+](=O)[O-])cc1OC1CC(N)C1(C)C. The van der Waals surface area contributed by atoms with Crippen LogP contribution in [0.3, 0.4) is 0 Å². The number of nitro groups is 1. The van der Waals surface area contributed by atoms with E-state index in [0.29, 0.717) is 11.5 Å². The van der Waals surface area contributed by atoms with Crippen molar-refractivity contribution in [2.75, 3.05) is 7.11 Å². The van der Waals surface area contributed by atoms with Crippen LogP contribution in [0.1, 0.15) is 20.3 Å². The number of nitrogens with zero attached hydrogens (tertiary/aromatic N) is 1. The highest BCUT2D eigenvalue weighted by Crippen LogP contribution is 2.43. The zero-order valence-electron chi connectivity index (χ0n) is 11.3. The van der Waals surface area contributed by atoms with Crippen LogP contribution >= 0.6 is 0 Å². The maximum Gasteiger partial charge on any atom is 0.273 e. The molecular weight excluding hydrogens is 248 g/mol. The van der Waals surface area contributed by atoms with Crippen molar-refractivity contribution in [2.24, 2.45) is 11.1 Å². The lowest BCUT2D eigenvalue weighted by molar-refractivity contribution is -0.385. The zero-order valence-corrected chi connectivity index (χ0v) is 11.3. The number of rotatable bonds is 4. The summed E-state index contributed by atoms with van der Waals surface area (Å²) in [6.07, 6.45) is 0.678. The molecule has 6 nitrogen and oxygen atoms in total. The minimum atomic E-state index is -0.454. The van der Waals surface area contributed by atoms with E-state index < -0.39 is 4.92 Å². The van der Waals surface area contributed by atoms with Crippen LogP contribution in [0.25, 0.3) is 0 Å². The van der Waals surface area contributed by atoms with E-state index in [0.717, 1.165) is 6.42 Å². The molecule has 6 heteroatoms. The highest BCUT2D eigenvalue weighted by atomic mass is 16.6. The first-order valence-corrected chi connectivity index (χ1v) is 6.11. The summed E-state index contributed by atoms with van der Waals surface area (Å²) in [6, 6.07) is 4.41. The summed E-state index contributed by atoms with van der Waals surface area (Å²) in [4.78, 5) is 10.3. The molecule has 1 fully saturated rings. The van der Waals surface area contributed by atoms with E-state index in [1.807, 2.05) is 13.8 Å². The van der Waals surface area contributed by atoms with Gasteiger partial charge in [0.15, 0.2) is 11.5 Å². The number of nitrogens with two attached hydrogens (primary N) is 1. The van der Waals surface area contributed by atoms with Gasteiger partial charge in [-0.25, -0.2) is 0 Å². The van der Waals surface area contributed by atoms with Crippen molar-refractivity contribution in [1.29, 1.82) is 0 Å². The molecule has 2 atom stereocenters. The van der Waals surface area contributed by atoms with Crippen LogP contribution in [-0.2, 0) is 0 Å². The fourth-order valence-corrected chi connectivity index (χ4v) is 2.14. The number of hydrogen-bond donors (Lipinski definition) is 1. The lowest BCUT2D eigenvalue weighted by Gasteiger charge is -2.49. The van der Waals surface area contributed by atoms with Crippen molar-refractivity contribution in [3.63, 3.8) is 0 Å². The number of non-ortho nitro benzene ring substituents is 1. The van der Waals surface area contributed by atoms with Crippen LogP contribution in [-0.4, -0.2) is 24.2 Å². The predicted molar refractivity (Wildman–Crippen MR) is 70.4 cm³/mol. The van der Waals surface area contributed by atoms with E-state index >= 15 is 0 Å². The predicted octanol–water partition coefficient (Wildman–Crippen LogP) is 2.11. The number of hydrogen-bond acceptors (Lipinski definition) is 5. The summed E-state index contributed by atoms with van der Waals surface area (Å²) in [5, 5.41) is 10.8. The van der Waals surface area contributed by atoms with Gasteiger partial charge in [-0.3, -0.25) is 10.1 Å². The molecule has 0 radical (unpaired) electrons. The van der Waals surface area contributed by atoms with Gasteiger partial charge in [-0.1, -0.05) is 13.8 Å². The van der Waals surface area contributed by atoms with E-state index in [2.05, 4.69) is 0 Å². The Morgan fingerprint density at radius 3 is 2.58 bits per heavy atom. The Kier molecular flexibility index (Phi) is 3.36. The number of benzene rings is 1. The Morgan fingerprint density at radius 2 is 2.11 bits per heavy atom. The molecule has 0 bridgehead atoms.